The van der Waals surface area contributed by atoms with Crippen molar-refractivity contribution in [3.63, 3.8) is 0 Å². The lowest BCUT2D eigenvalue weighted by Gasteiger charge is -2.26. The van der Waals surface area contributed by atoms with Crippen molar-refractivity contribution in [1.29, 1.82) is 0 Å². The molecule has 2 aromatic rings. The summed E-state index contributed by atoms with van der Waals surface area (Å²) < 4.78 is 0. The van der Waals surface area contributed by atoms with E-state index in [0.717, 1.165) is 19.6 Å². The monoisotopic (exact) mass is 335 g/mol. The smallest absolute Gasteiger partial charge is 0.128 e. The van der Waals surface area contributed by atoms with E-state index in [9.17, 15) is 0 Å². The van der Waals surface area contributed by atoms with Crippen molar-refractivity contribution < 1.29 is 0 Å². The Bertz CT molecular complexity index is 645. The number of anilines is 1. The van der Waals surface area contributed by atoms with E-state index in [-0.39, 0.29) is 0 Å². The Labute approximate surface area is 151 Å². The Morgan fingerprint density at radius 1 is 0.840 bits per heavy atom. The van der Waals surface area contributed by atoms with Crippen LogP contribution in [0, 0.1) is 0 Å². The van der Waals surface area contributed by atoms with Gasteiger partial charge < -0.3 is 4.90 Å². The summed E-state index contributed by atoms with van der Waals surface area (Å²) in [6.45, 7) is 4.55. The van der Waals surface area contributed by atoms with E-state index in [1.54, 1.807) is 0 Å². The van der Waals surface area contributed by atoms with Crippen LogP contribution in [0.25, 0.3) is 0 Å². The minimum absolute atomic E-state index is 0.519. The van der Waals surface area contributed by atoms with Crippen LogP contribution < -0.4 is 4.90 Å². The minimum atomic E-state index is 0.519. The highest BCUT2D eigenvalue weighted by atomic mass is 15.2. The summed E-state index contributed by atoms with van der Waals surface area (Å²) in [6.07, 6.45) is 10.0. The molecule has 2 aliphatic heterocycles. The lowest BCUT2D eigenvalue weighted by molar-refractivity contribution is 0.248. The molecule has 4 rings (SSSR count). The second-order valence-electron chi connectivity index (χ2n) is 7.47. The molecule has 3 heteroatoms. The van der Waals surface area contributed by atoms with Crippen LogP contribution in [0.15, 0.2) is 48.7 Å². The molecule has 0 aliphatic carbocycles. The third kappa shape index (κ3) is 4.04. The van der Waals surface area contributed by atoms with Gasteiger partial charge in [0.1, 0.15) is 5.82 Å². The quantitative estimate of drug-likeness (QED) is 0.800. The molecule has 0 spiro atoms. The Kier molecular flexibility index (Phi) is 5.31. The Morgan fingerprint density at radius 3 is 2.36 bits per heavy atom. The molecule has 0 N–H and O–H groups in total. The summed E-state index contributed by atoms with van der Waals surface area (Å²) in [5.41, 5.74) is 2.79. The second kappa shape index (κ2) is 8.01. The molecular weight excluding hydrogens is 306 g/mol. The lowest BCUT2D eigenvalue weighted by atomic mass is 10.1. The maximum atomic E-state index is 4.83. The second-order valence-corrected chi connectivity index (χ2v) is 7.47. The highest BCUT2D eigenvalue weighted by molar-refractivity contribution is 5.40. The number of nitrogens with zero attached hydrogens (tertiary/aromatic N) is 3. The molecule has 0 unspecified atom stereocenters. The first-order chi connectivity index (χ1) is 12.4. The summed E-state index contributed by atoms with van der Waals surface area (Å²) in [5.74, 6) is 1.17. The zero-order valence-electron chi connectivity index (χ0n) is 15.1. The van der Waals surface area contributed by atoms with E-state index in [2.05, 4.69) is 58.5 Å². The SMILES string of the molecule is c1ccc(CN2CCC[C@H]2c2ccc(N3CCCCCC3)nc2)cc1. The fraction of sp³-hybridized carbons (Fsp3) is 0.500. The van der Waals surface area contributed by atoms with E-state index in [1.165, 1.54) is 62.0 Å². The van der Waals surface area contributed by atoms with Gasteiger partial charge in [0.2, 0.25) is 0 Å². The molecule has 2 fully saturated rings. The van der Waals surface area contributed by atoms with Gasteiger partial charge in [-0.3, -0.25) is 4.90 Å². The van der Waals surface area contributed by atoms with Gasteiger partial charge in [-0.15, -0.1) is 0 Å². The van der Waals surface area contributed by atoms with Gasteiger partial charge in [0.25, 0.3) is 0 Å². The molecule has 3 heterocycles. The fourth-order valence-corrected chi connectivity index (χ4v) is 4.29. The van der Waals surface area contributed by atoms with E-state index >= 15 is 0 Å². The van der Waals surface area contributed by atoms with Gasteiger partial charge in [-0.1, -0.05) is 49.2 Å². The Balaban J connectivity index is 1.45. The molecular formula is C22H29N3. The molecule has 132 valence electrons. The van der Waals surface area contributed by atoms with Crippen molar-refractivity contribution in [3.05, 3.63) is 59.8 Å². The molecule has 0 bridgehead atoms. The van der Waals surface area contributed by atoms with E-state index < -0.39 is 0 Å². The maximum Gasteiger partial charge on any atom is 0.128 e. The molecule has 2 saturated heterocycles. The number of hydrogen-bond donors (Lipinski definition) is 0. The average molecular weight is 335 g/mol. The van der Waals surface area contributed by atoms with Gasteiger partial charge in [-0.05, 0) is 49.4 Å². The van der Waals surface area contributed by atoms with Gasteiger partial charge in [0.15, 0.2) is 0 Å². The number of hydrogen-bond acceptors (Lipinski definition) is 3. The fourth-order valence-electron chi connectivity index (χ4n) is 4.29. The number of benzene rings is 1. The van der Waals surface area contributed by atoms with E-state index in [1.807, 2.05) is 0 Å². The van der Waals surface area contributed by atoms with Crippen molar-refractivity contribution >= 4 is 5.82 Å². The molecule has 2 aliphatic rings. The Morgan fingerprint density at radius 2 is 1.64 bits per heavy atom. The first-order valence-electron chi connectivity index (χ1n) is 9.89. The first kappa shape index (κ1) is 16.6. The number of aromatic nitrogens is 1. The topological polar surface area (TPSA) is 19.4 Å². The van der Waals surface area contributed by atoms with Crippen molar-refractivity contribution in [3.8, 4) is 0 Å². The highest BCUT2D eigenvalue weighted by Gasteiger charge is 2.26. The molecule has 0 saturated carbocycles. The maximum absolute atomic E-state index is 4.83. The lowest BCUT2D eigenvalue weighted by Crippen LogP contribution is -2.25. The normalized spacial score (nSPS) is 22.1. The minimum Gasteiger partial charge on any atom is -0.357 e. The summed E-state index contributed by atoms with van der Waals surface area (Å²) in [6, 6.07) is 15.9. The predicted octanol–water partition coefficient (Wildman–Crippen LogP) is 4.80. The molecule has 1 atom stereocenters. The summed E-state index contributed by atoms with van der Waals surface area (Å²) in [5, 5.41) is 0. The van der Waals surface area contributed by atoms with Crippen LogP contribution in [0.4, 0.5) is 5.82 Å². The van der Waals surface area contributed by atoms with Crippen LogP contribution in [0.1, 0.15) is 55.7 Å². The van der Waals surface area contributed by atoms with Crippen LogP contribution in [-0.2, 0) is 6.54 Å². The molecule has 25 heavy (non-hydrogen) atoms. The van der Waals surface area contributed by atoms with Gasteiger partial charge in [-0.2, -0.15) is 0 Å². The van der Waals surface area contributed by atoms with Crippen LogP contribution in [-0.4, -0.2) is 29.5 Å². The largest absolute Gasteiger partial charge is 0.357 e. The van der Waals surface area contributed by atoms with Crippen molar-refractivity contribution in [2.45, 2.75) is 51.1 Å². The Hall–Kier alpha value is -1.87. The summed E-state index contributed by atoms with van der Waals surface area (Å²) in [7, 11) is 0. The standard InChI is InChI=1S/C22H29N3/c1-2-7-15-24(14-6-1)22-13-12-20(17-23-22)21-11-8-16-25(21)18-19-9-4-3-5-10-19/h3-5,9-10,12-13,17,21H,1-2,6-8,11,14-16,18H2/t21-/m0/s1. The van der Waals surface area contributed by atoms with Crippen LogP contribution in [0.3, 0.4) is 0 Å². The van der Waals surface area contributed by atoms with Gasteiger partial charge >= 0.3 is 0 Å². The molecule has 3 nitrogen and oxygen atoms in total. The van der Waals surface area contributed by atoms with Crippen LogP contribution in [0.2, 0.25) is 0 Å². The van der Waals surface area contributed by atoms with Gasteiger partial charge in [0.05, 0.1) is 0 Å². The molecule has 1 aromatic carbocycles. The van der Waals surface area contributed by atoms with Crippen molar-refractivity contribution in [1.82, 2.24) is 9.88 Å². The third-order valence-electron chi connectivity index (χ3n) is 5.68. The van der Waals surface area contributed by atoms with Gasteiger partial charge in [0, 0.05) is 31.9 Å². The van der Waals surface area contributed by atoms with Crippen LogP contribution >= 0.6 is 0 Å². The van der Waals surface area contributed by atoms with Crippen molar-refractivity contribution in [2.24, 2.45) is 0 Å². The van der Waals surface area contributed by atoms with Gasteiger partial charge in [-0.25, -0.2) is 4.98 Å². The number of likely N-dealkylation sites (tertiary alicyclic amines) is 1. The first-order valence-corrected chi connectivity index (χ1v) is 9.89. The zero-order valence-corrected chi connectivity index (χ0v) is 15.1. The van der Waals surface area contributed by atoms with E-state index in [4.69, 9.17) is 4.98 Å². The average Bonchev–Trinajstić information content (AvgIpc) is 2.95. The molecule has 1 aromatic heterocycles. The van der Waals surface area contributed by atoms with Crippen LogP contribution in [0.5, 0.6) is 0 Å². The summed E-state index contributed by atoms with van der Waals surface area (Å²) in [4.78, 5) is 9.90. The predicted molar refractivity (Wildman–Crippen MR) is 104 cm³/mol. The van der Waals surface area contributed by atoms with Crippen molar-refractivity contribution in [2.75, 3.05) is 24.5 Å². The zero-order chi connectivity index (χ0) is 16.9. The number of rotatable bonds is 4. The highest BCUT2D eigenvalue weighted by Crippen LogP contribution is 2.33. The molecule has 0 amide bonds. The van der Waals surface area contributed by atoms with E-state index in [0.29, 0.717) is 6.04 Å². The third-order valence-corrected chi connectivity index (χ3v) is 5.68. The number of pyridine rings is 1. The molecule has 0 radical (unpaired) electrons. The summed E-state index contributed by atoms with van der Waals surface area (Å²) >= 11 is 0.